The van der Waals surface area contributed by atoms with Crippen LogP contribution in [0, 0.1) is 5.82 Å². The lowest BCUT2D eigenvalue weighted by Crippen LogP contribution is -2.20. The van der Waals surface area contributed by atoms with Crippen LogP contribution < -0.4 is 15.5 Å². The molecule has 3 N–H and O–H groups in total. The van der Waals surface area contributed by atoms with E-state index in [0.29, 0.717) is 12.0 Å². The molecule has 0 atom stereocenters. The van der Waals surface area contributed by atoms with E-state index in [1.54, 1.807) is 12.1 Å². The Morgan fingerprint density at radius 2 is 1.72 bits per heavy atom. The van der Waals surface area contributed by atoms with Crippen LogP contribution >= 0.6 is 0 Å². The van der Waals surface area contributed by atoms with Crippen LogP contribution in [0.1, 0.15) is 23.2 Å². The van der Waals surface area contributed by atoms with Crippen molar-refractivity contribution in [1.29, 1.82) is 0 Å². The second kappa shape index (κ2) is 7.21. The number of hydrogen-bond acceptors (Lipinski definition) is 4. The van der Waals surface area contributed by atoms with Gasteiger partial charge in [0.05, 0.1) is 5.56 Å². The predicted octanol–water partition coefficient (Wildman–Crippen LogP) is 3.59. The third-order valence-corrected chi connectivity index (χ3v) is 4.07. The van der Waals surface area contributed by atoms with Crippen LogP contribution in [0.4, 0.5) is 26.2 Å². The van der Waals surface area contributed by atoms with E-state index in [1.807, 2.05) is 12.1 Å². The van der Waals surface area contributed by atoms with E-state index in [2.05, 4.69) is 15.5 Å². The average Bonchev–Trinajstić information content (AvgIpc) is 3.13. The fourth-order valence-corrected chi connectivity index (χ4v) is 2.81. The summed E-state index contributed by atoms with van der Waals surface area (Å²) in [5.41, 5.74) is 1.55. The number of urea groups is 1. The van der Waals surface area contributed by atoms with Crippen LogP contribution in [0.25, 0.3) is 0 Å². The van der Waals surface area contributed by atoms with Crippen molar-refractivity contribution >= 4 is 29.4 Å². The van der Waals surface area contributed by atoms with Crippen LogP contribution in [-0.4, -0.2) is 30.5 Å². The normalized spacial score (nSPS) is 13.6. The summed E-state index contributed by atoms with van der Waals surface area (Å²) in [6.45, 7) is 2.08. The van der Waals surface area contributed by atoms with Gasteiger partial charge in [0.2, 0.25) is 0 Å². The van der Waals surface area contributed by atoms with Crippen molar-refractivity contribution < 1.29 is 19.1 Å². The summed E-state index contributed by atoms with van der Waals surface area (Å²) in [4.78, 5) is 25.1. The van der Waals surface area contributed by atoms with Crippen molar-refractivity contribution in [3.05, 3.63) is 47.8 Å². The highest BCUT2D eigenvalue weighted by Gasteiger charge is 2.13. The third-order valence-electron chi connectivity index (χ3n) is 4.07. The van der Waals surface area contributed by atoms with Crippen molar-refractivity contribution in [2.45, 2.75) is 12.8 Å². The molecule has 0 aliphatic carbocycles. The molecule has 6 nitrogen and oxygen atoms in total. The van der Waals surface area contributed by atoms with Crippen molar-refractivity contribution in [3.8, 4) is 5.75 Å². The number of carbonyl (C=O) groups excluding carboxylic acids is 2. The fraction of sp³-hybridized carbons (Fsp3) is 0.222. The van der Waals surface area contributed by atoms with Crippen LogP contribution in [0.15, 0.2) is 36.4 Å². The fourth-order valence-electron chi connectivity index (χ4n) is 2.81. The molecule has 0 bridgehead atoms. The Balaban J connectivity index is 1.64. The molecule has 0 unspecified atom stereocenters. The van der Waals surface area contributed by atoms with Gasteiger partial charge in [-0.3, -0.25) is 4.79 Å². The van der Waals surface area contributed by atoms with E-state index in [0.717, 1.165) is 24.8 Å². The van der Waals surface area contributed by atoms with Crippen molar-refractivity contribution in [2.75, 3.05) is 28.6 Å². The number of anilines is 3. The van der Waals surface area contributed by atoms with E-state index in [4.69, 9.17) is 0 Å². The molecule has 1 fully saturated rings. The molecular formula is C18H18FN3O3. The van der Waals surface area contributed by atoms with Gasteiger partial charge in [0.1, 0.15) is 0 Å². The number of phenolic OH excluding ortho intramolecular Hbond substituents is 1. The quantitative estimate of drug-likeness (QED) is 0.585. The molecule has 130 valence electrons. The van der Waals surface area contributed by atoms with Gasteiger partial charge in [-0.15, -0.1) is 0 Å². The number of hydrogen-bond donors (Lipinski definition) is 3. The Hall–Kier alpha value is -3.09. The van der Waals surface area contributed by atoms with Crippen molar-refractivity contribution in [3.63, 3.8) is 0 Å². The topological polar surface area (TPSA) is 81.7 Å². The lowest BCUT2D eigenvalue weighted by Gasteiger charge is -2.17. The summed E-state index contributed by atoms with van der Waals surface area (Å²) in [6.07, 6.45) is 2.70. The van der Waals surface area contributed by atoms with Gasteiger partial charge in [0.15, 0.2) is 17.9 Å². The molecule has 2 aromatic rings. The predicted molar refractivity (Wildman–Crippen MR) is 94.0 cm³/mol. The molecule has 7 heteroatoms. The Labute approximate surface area is 144 Å². The molecular weight excluding hydrogens is 325 g/mol. The molecule has 1 heterocycles. The Morgan fingerprint density at radius 1 is 1.08 bits per heavy atom. The second-order valence-corrected chi connectivity index (χ2v) is 5.83. The maximum atomic E-state index is 13.5. The first kappa shape index (κ1) is 16.8. The Morgan fingerprint density at radius 3 is 2.36 bits per heavy atom. The smallest absolute Gasteiger partial charge is 0.323 e. The first-order valence-corrected chi connectivity index (χ1v) is 7.97. The van der Waals surface area contributed by atoms with Gasteiger partial charge < -0.3 is 20.6 Å². The number of aldehydes is 1. The number of phenols is 1. The highest BCUT2D eigenvalue weighted by atomic mass is 19.1. The first-order chi connectivity index (χ1) is 12.1. The van der Waals surface area contributed by atoms with E-state index in [-0.39, 0.29) is 11.3 Å². The number of aromatic hydroxyl groups is 1. The third kappa shape index (κ3) is 3.88. The van der Waals surface area contributed by atoms with Crippen molar-refractivity contribution in [1.82, 2.24) is 0 Å². The van der Waals surface area contributed by atoms with E-state index >= 15 is 0 Å². The average molecular weight is 343 g/mol. The molecule has 0 spiro atoms. The maximum absolute atomic E-state index is 13.5. The van der Waals surface area contributed by atoms with Crippen molar-refractivity contribution in [2.24, 2.45) is 0 Å². The summed E-state index contributed by atoms with van der Waals surface area (Å²) >= 11 is 0. The number of nitrogens with zero attached hydrogens (tertiary/aromatic N) is 1. The molecule has 0 aromatic heterocycles. The molecule has 3 rings (SSSR count). The number of benzene rings is 2. The van der Waals surface area contributed by atoms with Gasteiger partial charge >= 0.3 is 6.03 Å². The minimum absolute atomic E-state index is 0.0728. The summed E-state index contributed by atoms with van der Waals surface area (Å²) in [5, 5.41) is 14.4. The molecule has 25 heavy (non-hydrogen) atoms. The van der Waals surface area contributed by atoms with Gasteiger partial charge in [0.25, 0.3) is 0 Å². The van der Waals surface area contributed by atoms with E-state index in [1.165, 1.54) is 18.9 Å². The van der Waals surface area contributed by atoms with Gasteiger partial charge in [-0.05, 0) is 43.2 Å². The summed E-state index contributed by atoms with van der Waals surface area (Å²) in [7, 11) is 0. The van der Waals surface area contributed by atoms with Gasteiger partial charge in [-0.2, -0.15) is 0 Å². The Bertz CT molecular complexity index is 787. The van der Waals surface area contributed by atoms with Gasteiger partial charge in [-0.25, -0.2) is 9.18 Å². The van der Waals surface area contributed by atoms with Gasteiger partial charge in [-0.1, -0.05) is 0 Å². The highest BCUT2D eigenvalue weighted by Crippen LogP contribution is 2.25. The minimum atomic E-state index is -0.977. The van der Waals surface area contributed by atoms with Crippen LogP contribution in [0.3, 0.4) is 0 Å². The largest absolute Gasteiger partial charge is 0.504 e. The summed E-state index contributed by atoms with van der Waals surface area (Å²) < 4.78 is 13.5. The number of nitrogens with one attached hydrogen (secondary N) is 2. The zero-order valence-electron chi connectivity index (χ0n) is 13.5. The number of amides is 2. The number of halogens is 1. The lowest BCUT2D eigenvalue weighted by atomic mass is 10.2. The molecule has 0 saturated carbocycles. The molecule has 0 radical (unpaired) electrons. The zero-order chi connectivity index (χ0) is 17.8. The molecule has 2 aromatic carbocycles. The summed E-state index contributed by atoms with van der Waals surface area (Å²) in [6, 6.07) is 9.02. The lowest BCUT2D eigenvalue weighted by molar-refractivity contribution is 0.112. The maximum Gasteiger partial charge on any atom is 0.323 e. The van der Waals surface area contributed by atoms with E-state index in [9.17, 15) is 19.1 Å². The first-order valence-electron chi connectivity index (χ1n) is 7.97. The Kier molecular flexibility index (Phi) is 4.83. The van der Waals surface area contributed by atoms with Crippen LogP contribution in [-0.2, 0) is 0 Å². The molecule has 1 aliphatic rings. The monoisotopic (exact) mass is 343 g/mol. The number of carbonyl (C=O) groups is 2. The second-order valence-electron chi connectivity index (χ2n) is 5.83. The standard InChI is InChI=1S/C18H18FN3O3/c19-16-10-14(9-12(11-23)17(16)24)21-18(25)20-13-3-5-15(6-4-13)22-7-1-2-8-22/h3-6,9-11,24H,1-2,7-8H2,(H2,20,21,25). The van der Waals surface area contributed by atoms with Crippen LogP contribution in [0.2, 0.25) is 0 Å². The number of rotatable bonds is 4. The van der Waals surface area contributed by atoms with Gasteiger partial charge in [0, 0.05) is 36.2 Å². The SMILES string of the molecule is O=Cc1cc(NC(=O)Nc2ccc(N3CCCC3)cc2)cc(F)c1O. The molecule has 2 amide bonds. The highest BCUT2D eigenvalue weighted by molar-refractivity contribution is 6.00. The zero-order valence-corrected chi connectivity index (χ0v) is 13.5. The molecule has 1 saturated heterocycles. The minimum Gasteiger partial charge on any atom is -0.504 e. The summed E-state index contributed by atoms with van der Waals surface area (Å²) in [5.74, 6) is -1.71. The molecule has 1 aliphatic heterocycles. The van der Waals surface area contributed by atoms with Crippen LogP contribution in [0.5, 0.6) is 5.75 Å². The van der Waals surface area contributed by atoms with E-state index < -0.39 is 17.6 Å².